The Bertz CT molecular complexity index is 1050. The summed E-state index contributed by atoms with van der Waals surface area (Å²) < 4.78 is 30.4. The summed E-state index contributed by atoms with van der Waals surface area (Å²) in [6.45, 7) is 3.93. The van der Waals surface area contributed by atoms with Crippen LogP contribution in [0.15, 0.2) is 45.8 Å². The van der Waals surface area contributed by atoms with Crippen molar-refractivity contribution >= 4 is 21.8 Å². The molecule has 0 fully saturated rings. The number of nitrogens with zero attached hydrogens (tertiary/aromatic N) is 4. The van der Waals surface area contributed by atoms with Gasteiger partial charge in [-0.05, 0) is 38.1 Å². The van der Waals surface area contributed by atoms with Crippen molar-refractivity contribution in [2.24, 2.45) is 0 Å². The molecule has 2 aromatic heterocycles. The molecule has 0 aliphatic rings. The lowest BCUT2D eigenvalue weighted by molar-refractivity contribution is 0.102. The van der Waals surface area contributed by atoms with Gasteiger partial charge in [-0.2, -0.15) is 5.10 Å². The first-order valence-electron chi connectivity index (χ1n) is 7.74. The summed E-state index contributed by atoms with van der Waals surface area (Å²) in [6, 6.07) is 7.44. The molecule has 0 aliphatic heterocycles. The summed E-state index contributed by atoms with van der Waals surface area (Å²) in [6.07, 6.45) is 2.70. The highest BCUT2D eigenvalue weighted by atomic mass is 32.2. The summed E-state index contributed by atoms with van der Waals surface area (Å²) in [5.41, 5.74) is 0.798. The Balaban J connectivity index is 1.81. The van der Waals surface area contributed by atoms with Gasteiger partial charge < -0.3 is 4.42 Å². The lowest BCUT2D eigenvalue weighted by atomic mass is 10.2. The topological polar surface area (TPSA) is 120 Å². The molecule has 0 spiro atoms. The Kier molecular flexibility index (Phi) is 4.60. The fraction of sp³-hybridized carbons (Fsp3) is 0.250. The zero-order valence-corrected chi connectivity index (χ0v) is 15.2. The van der Waals surface area contributed by atoms with Crippen LogP contribution in [0.1, 0.15) is 30.2 Å². The number of amides is 1. The highest BCUT2D eigenvalue weighted by molar-refractivity contribution is 7.90. The standard InChI is InChI=1S/C16H17N5O4S/c1-10(2)21-13(7-8-17-21)15-19-20-16(25-15)18-14(22)11-5-4-6-12(9-11)26(3,23)24/h4-10H,1-3H3,(H,18,20,22). The zero-order valence-electron chi connectivity index (χ0n) is 14.4. The summed E-state index contributed by atoms with van der Waals surface area (Å²) in [5.74, 6) is -0.334. The quantitative estimate of drug-likeness (QED) is 0.725. The molecule has 9 nitrogen and oxygen atoms in total. The number of sulfone groups is 1. The Morgan fingerprint density at radius 3 is 2.69 bits per heavy atom. The molecule has 1 aromatic carbocycles. The van der Waals surface area contributed by atoms with Crippen LogP contribution in [0.2, 0.25) is 0 Å². The van der Waals surface area contributed by atoms with Gasteiger partial charge in [-0.1, -0.05) is 11.2 Å². The smallest absolute Gasteiger partial charge is 0.322 e. The number of carbonyl (C=O) groups excluding carboxylic acids is 1. The van der Waals surface area contributed by atoms with E-state index in [0.29, 0.717) is 5.69 Å². The molecule has 2 heterocycles. The minimum absolute atomic E-state index is 0.0530. The number of carbonyl (C=O) groups is 1. The van der Waals surface area contributed by atoms with Gasteiger partial charge in [0.05, 0.1) is 4.90 Å². The molecule has 0 bridgehead atoms. The van der Waals surface area contributed by atoms with Gasteiger partial charge in [0.1, 0.15) is 5.69 Å². The Morgan fingerprint density at radius 2 is 2.00 bits per heavy atom. The fourth-order valence-corrected chi connectivity index (χ4v) is 2.98. The first-order chi connectivity index (χ1) is 12.3. The van der Waals surface area contributed by atoms with Crippen LogP contribution in [0.5, 0.6) is 0 Å². The minimum Gasteiger partial charge on any atom is -0.401 e. The average molecular weight is 375 g/mol. The predicted molar refractivity (Wildman–Crippen MR) is 93.4 cm³/mol. The predicted octanol–water partition coefficient (Wildman–Crippen LogP) is 2.17. The van der Waals surface area contributed by atoms with Crippen LogP contribution < -0.4 is 5.32 Å². The lowest BCUT2D eigenvalue weighted by Crippen LogP contribution is -2.13. The van der Waals surface area contributed by atoms with Crippen LogP contribution in [-0.2, 0) is 9.84 Å². The summed E-state index contributed by atoms with van der Waals surface area (Å²) in [5, 5.41) is 14.4. The maximum absolute atomic E-state index is 12.3. The molecule has 0 atom stereocenters. The highest BCUT2D eigenvalue weighted by Gasteiger charge is 2.17. The second-order valence-corrected chi connectivity index (χ2v) is 7.94. The number of benzene rings is 1. The number of hydrogen-bond acceptors (Lipinski definition) is 7. The molecule has 0 aliphatic carbocycles. The van der Waals surface area contributed by atoms with Crippen molar-refractivity contribution in [1.82, 2.24) is 20.0 Å². The van der Waals surface area contributed by atoms with Gasteiger partial charge in [-0.25, -0.2) is 8.42 Å². The van der Waals surface area contributed by atoms with Gasteiger partial charge in [0.15, 0.2) is 9.84 Å². The monoisotopic (exact) mass is 375 g/mol. The van der Waals surface area contributed by atoms with Gasteiger partial charge in [0.25, 0.3) is 11.8 Å². The third kappa shape index (κ3) is 3.64. The van der Waals surface area contributed by atoms with Gasteiger partial charge >= 0.3 is 6.01 Å². The maximum Gasteiger partial charge on any atom is 0.322 e. The number of anilines is 1. The Morgan fingerprint density at radius 1 is 1.23 bits per heavy atom. The molecule has 26 heavy (non-hydrogen) atoms. The van der Waals surface area contributed by atoms with Crippen molar-refractivity contribution in [1.29, 1.82) is 0 Å². The van der Waals surface area contributed by atoms with Crippen molar-refractivity contribution in [3.8, 4) is 11.6 Å². The molecule has 10 heteroatoms. The second kappa shape index (κ2) is 6.71. The number of rotatable bonds is 5. The molecule has 0 unspecified atom stereocenters. The van der Waals surface area contributed by atoms with Crippen LogP contribution in [0.3, 0.4) is 0 Å². The molecule has 0 saturated carbocycles. The van der Waals surface area contributed by atoms with Crippen molar-refractivity contribution in [3.63, 3.8) is 0 Å². The van der Waals surface area contributed by atoms with Crippen LogP contribution in [0.25, 0.3) is 11.6 Å². The normalized spacial score (nSPS) is 11.7. The van der Waals surface area contributed by atoms with Crippen molar-refractivity contribution in [2.75, 3.05) is 11.6 Å². The van der Waals surface area contributed by atoms with Gasteiger partial charge in [-0.15, -0.1) is 5.10 Å². The summed E-state index contributed by atoms with van der Waals surface area (Å²) in [7, 11) is -3.41. The largest absolute Gasteiger partial charge is 0.401 e. The van der Waals surface area contributed by atoms with Crippen molar-refractivity contribution in [3.05, 3.63) is 42.1 Å². The molecule has 3 rings (SSSR count). The number of hydrogen-bond donors (Lipinski definition) is 1. The first kappa shape index (κ1) is 17.8. The van der Waals surface area contributed by atoms with Gasteiger partial charge in [0, 0.05) is 24.1 Å². The molecular formula is C16H17N5O4S. The number of nitrogens with one attached hydrogen (secondary N) is 1. The second-order valence-electron chi connectivity index (χ2n) is 5.92. The highest BCUT2D eigenvalue weighted by Crippen LogP contribution is 2.22. The zero-order chi connectivity index (χ0) is 18.9. The van der Waals surface area contributed by atoms with Crippen LogP contribution in [0, 0.1) is 0 Å². The minimum atomic E-state index is -3.41. The van der Waals surface area contributed by atoms with E-state index in [1.807, 2.05) is 13.8 Å². The lowest BCUT2D eigenvalue weighted by Gasteiger charge is -2.07. The molecule has 136 valence electrons. The van der Waals surface area contributed by atoms with E-state index in [1.54, 1.807) is 16.9 Å². The van der Waals surface area contributed by atoms with E-state index in [9.17, 15) is 13.2 Å². The molecule has 1 N–H and O–H groups in total. The average Bonchev–Trinajstić information content (AvgIpc) is 3.22. The van der Waals surface area contributed by atoms with E-state index in [4.69, 9.17) is 4.42 Å². The summed E-state index contributed by atoms with van der Waals surface area (Å²) >= 11 is 0. The molecular weight excluding hydrogens is 358 g/mol. The Labute approximate surface area is 150 Å². The Hall–Kier alpha value is -3.01. The van der Waals surface area contributed by atoms with E-state index in [1.165, 1.54) is 24.3 Å². The summed E-state index contributed by atoms with van der Waals surface area (Å²) in [4.78, 5) is 12.4. The molecule has 3 aromatic rings. The van der Waals surface area contributed by atoms with Crippen LogP contribution >= 0.6 is 0 Å². The molecule has 0 saturated heterocycles. The van der Waals surface area contributed by atoms with Crippen LogP contribution in [0.4, 0.5) is 6.01 Å². The fourth-order valence-electron chi connectivity index (χ4n) is 2.31. The maximum atomic E-state index is 12.3. The number of aromatic nitrogens is 4. The van der Waals surface area contributed by atoms with Crippen LogP contribution in [-0.4, -0.2) is 40.6 Å². The van der Waals surface area contributed by atoms with Crippen molar-refractivity contribution < 1.29 is 17.6 Å². The van der Waals surface area contributed by atoms with E-state index >= 15 is 0 Å². The van der Waals surface area contributed by atoms with E-state index in [0.717, 1.165) is 6.26 Å². The van der Waals surface area contributed by atoms with Gasteiger partial charge in [0.2, 0.25) is 0 Å². The molecule has 0 radical (unpaired) electrons. The first-order valence-corrected chi connectivity index (χ1v) is 9.63. The van der Waals surface area contributed by atoms with E-state index in [-0.39, 0.29) is 28.4 Å². The third-order valence-corrected chi connectivity index (χ3v) is 4.66. The van der Waals surface area contributed by atoms with Crippen molar-refractivity contribution in [2.45, 2.75) is 24.8 Å². The molecule has 1 amide bonds. The SMILES string of the molecule is CC(C)n1nccc1-c1nnc(NC(=O)c2cccc(S(C)(=O)=O)c2)o1. The third-order valence-electron chi connectivity index (χ3n) is 3.55. The van der Waals surface area contributed by atoms with Gasteiger partial charge in [-0.3, -0.25) is 14.8 Å². The van der Waals surface area contributed by atoms with E-state index in [2.05, 4.69) is 20.6 Å². The van der Waals surface area contributed by atoms with E-state index < -0.39 is 15.7 Å².